The van der Waals surface area contributed by atoms with Crippen molar-refractivity contribution in [1.29, 1.82) is 0 Å². The minimum atomic E-state index is -0.683. The lowest BCUT2D eigenvalue weighted by Crippen LogP contribution is -2.21. The van der Waals surface area contributed by atoms with E-state index in [9.17, 15) is 29.8 Å². The molecular formula is C18H8Cl2N4O6. The Labute approximate surface area is 177 Å². The van der Waals surface area contributed by atoms with Crippen LogP contribution in [0.4, 0.5) is 11.4 Å². The first-order valence-electron chi connectivity index (χ1n) is 8.19. The topological polar surface area (TPSA) is 144 Å². The summed E-state index contributed by atoms with van der Waals surface area (Å²) >= 11 is 11.6. The fraction of sp³-hybridized carbons (Fsp3) is 0. The van der Waals surface area contributed by atoms with E-state index in [1.165, 1.54) is 24.3 Å². The highest BCUT2D eigenvalue weighted by Gasteiger charge is 2.41. The van der Waals surface area contributed by atoms with Gasteiger partial charge in [0.15, 0.2) is 0 Å². The molecule has 0 radical (unpaired) electrons. The van der Waals surface area contributed by atoms with Crippen LogP contribution in [0.1, 0.15) is 11.1 Å². The number of nitro groups is 2. The summed E-state index contributed by atoms with van der Waals surface area (Å²) in [5.41, 5.74) is -0.252. The molecule has 2 aromatic carbocycles. The van der Waals surface area contributed by atoms with E-state index in [1.807, 2.05) is 0 Å². The van der Waals surface area contributed by atoms with Gasteiger partial charge in [-0.1, -0.05) is 35.3 Å². The molecule has 2 amide bonds. The third-order valence-electron chi connectivity index (χ3n) is 4.54. The average molecular weight is 447 g/mol. The Morgan fingerprint density at radius 1 is 0.700 bits per heavy atom. The van der Waals surface area contributed by atoms with E-state index >= 15 is 0 Å². The molecule has 2 N–H and O–H groups in total. The van der Waals surface area contributed by atoms with E-state index in [1.54, 1.807) is 0 Å². The van der Waals surface area contributed by atoms with Gasteiger partial charge < -0.3 is 10.6 Å². The molecule has 0 aliphatic carbocycles. The standard InChI is InChI=1S/C18H8Cl2N4O6/c19-9-3-1-7(5-11(9)23(27)28)15-13-14(18(26)21-15)16(22-17(13)25)8-2-4-10(20)12(6-8)24(29)30/h1-6H,(H,21,26)(H,22,25). The summed E-state index contributed by atoms with van der Waals surface area (Å²) in [6.07, 6.45) is 0. The Morgan fingerprint density at radius 2 is 1.07 bits per heavy atom. The van der Waals surface area contributed by atoms with Gasteiger partial charge in [-0.2, -0.15) is 0 Å². The highest BCUT2D eigenvalue weighted by Crippen LogP contribution is 2.40. The molecule has 0 saturated carbocycles. The fourth-order valence-corrected chi connectivity index (χ4v) is 3.60. The molecule has 2 aliphatic rings. The molecule has 0 unspecified atom stereocenters. The second kappa shape index (κ2) is 6.94. The number of hydrogen-bond acceptors (Lipinski definition) is 6. The van der Waals surface area contributed by atoms with E-state index in [0.29, 0.717) is 0 Å². The Kier molecular flexibility index (Phi) is 4.52. The zero-order valence-electron chi connectivity index (χ0n) is 14.6. The Bertz CT molecular complexity index is 1170. The second-order valence-corrected chi connectivity index (χ2v) is 7.07. The fourth-order valence-electron chi connectivity index (χ4n) is 3.23. The van der Waals surface area contributed by atoms with E-state index < -0.39 is 21.7 Å². The average Bonchev–Trinajstić information content (AvgIpc) is 3.21. The van der Waals surface area contributed by atoms with Gasteiger partial charge in [-0.15, -0.1) is 0 Å². The zero-order valence-corrected chi connectivity index (χ0v) is 16.1. The van der Waals surface area contributed by atoms with Crippen LogP contribution in [-0.4, -0.2) is 21.7 Å². The summed E-state index contributed by atoms with van der Waals surface area (Å²) < 4.78 is 0. The number of nitrogens with one attached hydrogen (secondary N) is 2. The van der Waals surface area contributed by atoms with Gasteiger partial charge in [0.25, 0.3) is 23.2 Å². The Balaban J connectivity index is 1.90. The monoisotopic (exact) mass is 446 g/mol. The van der Waals surface area contributed by atoms with E-state index in [0.717, 1.165) is 12.1 Å². The molecule has 0 spiro atoms. The predicted octanol–water partition coefficient (Wildman–Crippen LogP) is 3.19. The smallest absolute Gasteiger partial charge is 0.288 e. The van der Waals surface area contributed by atoms with Crippen molar-refractivity contribution >= 4 is 57.8 Å². The van der Waals surface area contributed by atoms with Crippen molar-refractivity contribution in [2.24, 2.45) is 0 Å². The molecule has 30 heavy (non-hydrogen) atoms. The largest absolute Gasteiger partial charge is 0.321 e. The van der Waals surface area contributed by atoms with Crippen LogP contribution in [0, 0.1) is 20.2 Å². The number of fused-ring (bicyclic) bond motifs is 1. The summed E-state index contributed by atoms with van der Waals surface area (Å²) in [5.74, 6) is -1.27. The molecule has 150 valence electrons. The van der Waals surface area contributed by atoms with E-state index in [2.05, 4.69) is 10.6 Å². The SMILES string of the molecule is O=C1NC(c2ccc(Cl)c([N+](=O)[O-])c2)=C2C(=O)NC(c3ccc(Cl)c([N+](=O)[O-])c3)=C12. The predicted molar refractivity (Wildman–Crippen MR) is 106 cm³/mol. The van der Waals surface area contributed by atoms with Gasteiger partial charge in [-0.25, -0.2) is 0 Å². The van der Waals surface area contributed by atoms with Crippen LogP contribution in [0.25, 0.3) is 11.4 Å². The number of carbonyl (C=O) groups is 2. The quantitative estimate of drug-likeness (QED) is 0.544. The normalized spacial score (nSPS) is 15.3. The van der Waals surface area contributed by atoms with Gasteiger partial charge in [0, 0.05) is 23.3 Å². The summed E-state index contributed by atoms with van der Waals surface area (Å²) in [6, 6.07) is 7.72. The van der Waals surface area contributed by atoms with Gasteiger partial charge in [0.1, 0.15) is 10.0 Å². The molecule has 10 nitrogen and oxygen atoms in total. The zero-order chi connectivity index (χ0) is 21.7. The molecule has 2 aliphatic heterocycles. The first-order chi connectivity index (χ1) is 14.2. The van der Waals surface area contributed by atoms with Crippen LogP contribution in [0.5, 0.6) is 0 Å². The molecule has 2 aromatic rings. The van der Waals surface area contributed by atoms with Crippen LogP contribution in [-0.2, 0) is 9.59 Å². The third-order valence-corrected chi connectivity index (χ3v) is 5.18. The van der Waals surface area contributed by atoms with Crippen molar-refractivity contribution in [3.8, 4) is 0 Å². The lowest BCUT2D eigenvalue weighted by Gasteiger charge is -2.08. The van der Waals surface area contributed by atoms with Crippen molar-refractivity contribution in [3.05, 3.63) is 88.9 Å². The number of benzene rings is 2. The van der Waals surface area contributed by atoms with Crippen molar-refractivity contribution in [2.45, 2.75) is 0 Å². The van der Waals surface area contributed by atoms with Crippen molar-refractivity contribution in [1.82, 2.24) is 10.6 Å². The molecule has 4 rings (SSSR count). The van der Waals surface area contributed by atoms with Crippen molar-refractivity contribution < 1.29 is 19.4 Å². The number of nitro benzene ring substituents is 2. The highest BCUT2D eigenvalue weighted by atomic mass is 35.5. The highest BCUT2D eigenvalue weighted by molar-refractivity contribution is 6.34. The lowest BCUT2D eigenvalue weighted by atomic mass is 10.0. The number of amides is 2. The van der Waals surface area contributed by atoms with Crippen LogP contribution in [0.2, 0.25) is 10.0 Å². The molecule has 0 bridgehead atoms. The number of hydrogen-bond donors (Lipinski definition) is 2. The summed E-state index contributed by atoms with van der Waals surface area (Å²) in [5, 5.41) is 27.2. The van der Waals surface area contributed by atoms with Crippen LogP contribution >= 0.6 is 23.2 Å². The van der Waals surface area contributed by atoms with Crippen LogP contribution in [0.15, 0.2) is 47.5 Å². The second-order valence-electron chi connectivity index (χ2n) is 6.25. The lowest BCUT2D eigenvalue weighted by molar-refractivity contribution is -0.384. The molecule has 0 saturated heterocycles. The molecular weight excluding hydrogens is 439 g/mol. The van der Waals surface area contributed by atoms with Gasteiger partial charge >= 0.3 is 0 Å². The van der Waals surface area contributed by atoms with Crippen LogP contribution in [0.3, 0.4) is 0 Å². The molecule has 2 heterocycles. The van der Waals surface area contributed by atoms with Gasteiger partial charge in [0.2, 0.25) is 0 Å². The maximum Gasteiger partial charge on any atom is 0.288 e. The number of carbonyl (C=O) groups excluding carboxylic acids is 2. The Hall–Kier alpha value is -3.76. The molecule has 0 aromatic heterocycles. The number of rotatable bonds is 4. The third kappa shape index (κ3) is 2.98. The van der Waals surface area contributed by atoms with E-state index in [4.69, 9.17) is 23.2 Å². The van der Waals surface area contributed by atoms with Gasteiger partial charge in [0.05, 0.1) is 32.4 Å². The van der Waals surface area contributed by atoms with Crippen LogP contribution < -0.4 is 10.6 Å². The Morgan fingerprint density at radius 3 is 1.40 bits per heavy atom. The molecule has 0 atom stereocenters. The summed E-state index contributed by atoms with van der Waals surface area (Å²) in [6.45, 7) is 0. The minimum Gasteiger partial charge on any atom is -0.321 e. The van der Waals surface area contributed by atoms with Crippen molar-refractivity contribution in [3.63, 3.8) is 0 Å². The number of halogens is 2. The molecule has 12 heteroatoms. The summed E-state index contributed by atoms with van der Waals surface area (Å²) in [4.78, 5) is 46.2. The minimum absolute atomic E-state index is 0.0239. The van der Waals surface area contributed by atoms with Gasteiger partial charge in [-0.3, -0.25) is 29.8 Å². The first kappa shape index (κ1) is 19.6. The maximum absolute atomic E-state index is 12.6. The van der Waals surface area contributed by atoms with Gasteiger partial charge in [-0.05, 0) is 12.1 Å². The summed E-state index contributed by atoms with van der Waals surface area (Å²) in [7, 11) is 0. The first-order valence-corrected chi connectivity index (χ1v) is 8.95. The molecule has 0 fully saturated rings. The van der Waals surface area contributed by atoms with E-state index in [-0.39, 0.29) is 55.1 Å². The van der Waals surface area contributed by atoms with Crippen molar-refractivity contribution in [2.75, 3.05) is 0 Å². The maximum atomic E-state index is 12.6. The number of nitrogens with zero attached hydrogens (tertiary/aromatic N) is 2.